The van der Waals surface area contributed by atoms with Crippen LogP contribution in [0, 0.1) is 0 Å². The van der Waals surface area contributed by atoms with E-state index in [1.807, 2.05) is 0 Å². The second-order valence-electron chi connectivity index (χ2n) is 4.45. The van der Waals surface area contributed by atoms with E-state index < -0.39 is 0 Å². The Morgan fingerprint density at radius 1 is 1.10 bits per heavy atom. The van der Waals surface area contributed by atoms with Gasteiger partial charge in [-0.05, 0) is 23.8 Å². The topological polar surface area (TPSA) is 47.8 Å². The minimum absolute atomic E-state index is 0.209. The normalized spacial score (nSPS) is 11.0. The molecule has 0 amide bonds. The van der Waals surface area contributed by atoms with Gasteiger partial charge in [0.25, 0.3) is 5.56 Å². The molecule has 106 valence electrons. The van der Waals surface area contributed by atoms with Crippen molar-refractivity contribution in [2.45, 2.75) is 6.54 Å². The lowest BCUT2D eigenvalue weighted by atomic mass is 10.2. The maximum Gasteiger partial charge on any atom is 0.261 e. The molecule has 3 rings (SSSR count). The van der Waals surface area contributed by atoms with E-state index in [0.717, 1.165) is 5.56 Å². The van der Waals surface area contributed by atoms with E-state index in [1.54, 1.807) is 30.5 Å². The molecule has 7 heteroatoms. The van der Waals surface area contributed by atoms with Crippen molar-refractivity contribution in [2.24, 2.45) is 0 Å². The SMILES string of the molecule is O=c1c2cc(Cl)cc(Cl)c2ncn1Cc1ccc(Cl)nc1. The number of benzene rings is 1. The van der Waals surface area contributed by atoms with E-state index in [4.69, 9.17) is 34.8 Å². The smallest absolute Gasteiger partial charge is 0.261 e. The number of hydrogen-bond acceptors (Lipinski definition) is 3. The lowest BCUT2D eigenvalue weighted by molar-refractivity contribution is 0.745. The summed E-state index contributed by atoms with van der Waals surface area (Å²) in [5.74, 6) is 0. The van der Waals surface area contributed by atoms with Gasteiger partial charge in [-0.15, -0.1) is 0 Å². The summed E-state index contributed by atoms with van der Waals surface area (Å²) in [4.78, 5) is 20.7. The molecule has 0 unspecified atom stereocenters. The van der Waals surface area contributed by atoms with Crippen LogP contribution in [0.2, 0.25) is 15.2 Å². The average molecular weight is 341 g/mol. The maximum atomic E-state index is 12.5. The predicted molar refractivity (Wildman–Crippen MR) is 84.4 cm³/mol. The van der Waals surface area contributed by atoms with Crippen LogP contribution >= 0.6 is 34.8 Å². The number of fused-ring (bicyclic) bond motifs is 1. The number of pyridine rings is 1. The second kappa shape index (κ2) is 5.64. The van der Waals surface area contributed by atoms with E-state index in [-0.39, 0.29) is 5.56 Å². The molecule has 2 aromatic heterocycles. The molecular formula is C14H8Cl3N3O. The zero-order valence-electron chi connectivity index (χ0n) is 10.6. The van der Waals surface area contributed by atoms with E-state index >= 15 is 0 Å². The first kappa shape index (κ1) is 14.3. The Morgan fingerprint density at radius 2 is 1.90 bits per heavy atom. The molecule has 0 aliphatic heterocycles. The summed E-state index contributed by atoms with van der Waals surface area (Å²) in [5, 5.41) is 1.55. The summed E-state index contributed by atoms with van der Waals surface area (Å²) < 4.78 is 1.47. The molecule has 4 nitrogen and oxygen atoms in total. The van der Waals surface area contributed by atoms with Crippen LogP contribution in [0.3, 0.4) is 0 Å². The van der Waals surface area contributed by atoms with Gasteiger partial charge in [-0.2, -0.15) is 0 Å². The molecule has 21 heavy (non-hydrogen) atoms. The van der Waals surface area contributed by atoms with Crippen LogP contribution in [-0.2, 0) is 6.54 Å². The fourth-order valence-electron chi connectivity index (χ4n) is 2.00. The van der Waals surface area contributed by atoms with Crippen LogP contribution in [0.15, 0.2) is 41.6 Å². The van der Waals surface area contributed by atoms with Gasteiger partial charge in [-0.1, -0.05) is 40.9 Å². The minimum Gasteiger partial charge on any atom is -0.294 e. The van der Waals surface area contributed by atoms with Crippen LogP contribution in [0.4, 0.5) is 0 Å². The van der Waals surface area contributed by atoms with Gasteiger partial charge in [0.2, 0.25) is 0 Å². The van der Waals surface area contributed by atoms with Crippen LogP contribution in [-0.4, -0.2) is 14.5 Å². The third-order valence-electron chi connectivity index (χ3n) is 2.99. The van der Waals surface area contributed by atoms with Gasteiger partial charge < -0.3 is 0 Å². The zero-order chi connectivity index (χ0) is 15.0. The molecule has 0 saturated heterocycles. The average Bonchev–Trinajstić information content (AvgIpc) is 2.45. The Labute approximate surface area is 134 Å². The molecule has 0 N–H and O–H groups in total. The number of rotatable bonds is 2. The molecule has 0 aliphatic carbocycles. The highest BCUT2D eigenvalue weighted by Crippen LogP contribution is 2.24. The number of aromatic nitrogens is 3. The second-order valence-corrected chi connectivity index (χ2v) is 5.68. The Hall–Kier alpha value is -1.62. The highest BCUT2D eigenvalue weighted by atomic mass is 35.5. The molecule has 0 fully saturated rings. The predicted octanol–water partition coefficient (Wildman–Crippen LogP) is 3.80. The van der Waals surface area contributed by atoms with Crippen molar-refractivity contribution in [3.8, 4) is 0 Å². The largest absolute Gasteiger partial charge is 0.294 e. The fourth-order valence-corrected chi connectivity index (χ4v) is 2.66. The lowest BCUT2D eigenvalue weighted by Gasteiger charge is -2.07. The molecule has 0 aliphatic rings. The molecule has 0 saturated carbocycles. The summed E-state index contributed by atoms with van der Waals surface area (Å²) >= 11 is 17.7. The third-order valence-corrected chi connectivity index (χ3v) is 3.72. The van der Waals surface area contributed by atoms with Crippen molar-refractivity contribution in [1.82, 2.24) is 14.5 Å². The summed E-state index contributed by atoms with van der Waals surface area (Å²) in [6.45, 7) is 0.343. The van der Waals surface area contributed by atoms with Gasteiger partial charge in [0.1, 0.15) is 5.15 Å². The van der Waals surface area contributed by atoms with Crippen molar-refractivity contribution in [2.75, 3.05) is 0 Å². The van der Waals surface area contributed by atoms with Gasteiger partial charge in [0, 0.05) is 11.2 Å². The van der Waals surface area contributed by atoms with E-state index in [9.17, 15) is 4.79 Å². The van der Waals surface area contributed by atoms with Crippen LogP contribution in [0.5, 0.6) is 0 Å². The van der Waals surface area contributed by atoms with Gasteiger partial charge in [0.05, 0.1) is 28.8 Å². The van der Waals surface area contributed by atoms with E-state index in [0.29, 0.717) is 32.6 Å². The van der Waals surface area contributed by atoms with Crippen molar-refractivity contribution in [3.05, 3.63) is 67.9 Å². The fraction of sp³-hybridized carbons (Fsp3) is 0.0714. The first-order valence-electron chi connectivity index (χ1n) is 5.99. The first-order chi connectivity index (χ1) is 10.0. The van der Waals surface area contributed by atoms with Crippen LogP contribution in [0.1, 0.15) is 5.56 Å². The highest BCUT2D eigenvalue weighted by Gasteiger charge is 2.09. The molecule has 2 heterocycles. The van der Waals surface area contributed by atoms with Gasteiger partial charge >= 0.3 is 0 Å². The third kappa shape index (κ3) is 2.88. The molecule has 0 bridgehead atoms. The first-order valence-corrected chi connectivity index (χ1v) is 7.12. The van der Waals surface area contributed by atoms with Gasteiger partial charge in [0.15, 0.2) is 0 Å². The maximum absolute atomic E-state index is 12.5. The Balaban J connectivity index is 2.10. The standard InChI is InChI=1S/C14H8Cl3N3O/c15-9-3-10-13(11(16)4-9)19-7-20(14(10)21)6-8-1-2-12(17)18-5-8/h1-5,7H,6H2. The summed E-state index contributed by atoms with van der Waals surface area (Å²) in [6.07, 6.45) is 3.07. The van der Waals surface area contributed by atoms with Gasteiger partial charge in [-0.3, -0.25) is 9.36 Å². The minimum atomic E-state index is -0.209. The molecule has 1 aromatic carbocycles. The monoisotopic (exact) mass is 339 g/mol. The number of nitrogens with zero attached hydrogens (tertiary/aromatic N) is 3. The van der Waals surface area contributed by atoms with Crippen molar-refractivity contribution in [3.63, 3.8) is 0 Å². The Kier molecular flexibility index (Phi) is 3.85. The van der Waals surface area contributed by atoms with E-state index in [1.165, 1.54) is 10.9 Å². The van der Waals surface area contributed by atoms with Crippen LogP contribution < -0.4 is 5.56 Å². The Morgan fingerprint density at radius 3 is 2.62 bits per heavy atom. The summed E-state index contributed by atoms with van der Waals surface area (Å²) in [6, 6.07) is 6.60. The highest BCUT2D eigenvalue weighted by molar-refractivity contribution is 6.38. The summed E-state index contributed by atoms with van der Waals surface area (Å²) in [7, 11) is 0. The van der Waals surface area contributed by atoms with Gasteiger partial charge in [-0.25, -0.2) is 9.97 Å². The Bertz CT molecular complexity index is 875. The quantitative estimate of drug-likeness (QED) is 0.667. The molecule has 3 aromatic rings. The molecule has 0 spiro atoms. The zero-order valence-corrected chi connectivity index (χ0v) is 12.8. The lowest BCUT2D eigenvalue weighted by Crippen LogP contribution is -2.21. The number of halogens is 3. The molecule has 0 radical (unpaired) electrons. The molecule has 0 atom stereocenters. The van der Waals surface area contributed by atoms with Crippen molar-refractivity contribution >= 4 is 45.7 Å². The number of hydrogen-bond donors (Lipinski definition) is 0. The van der Waals surface area contributed by atoms with Crippen LogP contribution in [0.25, 0.3) is 10.9 Å². The van der Waals surface area contributed by atoms with Crippen molar-refractivity contribution in [1.29, 1.82) is 0 Å². The van der Waals surface area contributed by atoms with Crippen molar-refractivity contribution < 1.29 is 0 Å². The summed E-state index contributed by atoms with van der Waals surface area (Å²) in [5.41, 5.74) is 1.08. The molecular weight excluding hydrogens is 333 g/mol. The van der Waals surface area contributed by atoms with E-state index in [2.05, 4.69) is 9.97 Å².